The van der Waals surface area contributed by atoms with Gasteiger partial charge in [-0.3, -0.25) is 4.98 Å². The van der Waals surface area contributed by atoms with Crippen molar-refractivity contribution in [3.63, 3.8) is 0 Å². The second-order valence-electron chi connectivity index (χ2n) is 17.4. The van der Waals surface area contributed by atoms with Gasteiger partial charge in [0.25, 0.3) is 0 Å². The van der Waals surface area contributed by atoms with E-state index in [4.69, 9.17) is 12.1 Å². The van der Waals surface area contributed by atoms with Crippen molar-refractivity contribution in [1.82, 2.24) is 19.5 Å². The van der Waals surface area contributed by atoms with Crippen molar-refractivity contribution < 1.29 is 27.3 Å². The first-order chi connectivity index (χ1) is 29.6. The molecule has 5 nitrogen and oxygen atoms in total. The van der Waals surface area contributed by atoms with Crippen LogP contribution in [0.2, 0.25) is 19.6 Å². The predicted octanol–water partition coefficient (Wildman–Crippen LogP) is 14.0. The van der Waals surface area contributed by atoms with E-state index in [9.17, 15) is 0 Å². The molecule has 0 amide bonds. The number of benzene rings is 5. The summed E-state index contributed by atoms with van der Waals surface area (Å²) in [5.41, 5.74) is 12.7. The molecule has 0 saturated carbocycles. The summed E-state index contributed by atoms with van der Waals surface area (Å²) < 4.78 is 25.8. The molecule has 0 atom stereocenters. The smallest absolute Gasteiger partial charge is 0.216 e. The molecule has 0 unspecified atom stereocenters. The van der Waals surface area contributed by atoms with Crippen molar-refractivity contribution in [1.29, 1.82) is 0 Å². The van der Waals surface area contributed by atoms with Gasteiger partial charge in [0.2, 0.25) is 5.71 Å². The summed E-state index contributed by atoms with van der Waals surface area (Å²) in [5.74, 6) is 1.29. The number of furan rings is 1. The maximum atomic E-state index is 8.54. The molecule has 0 fully saturated rings. The molecule has 1 radical (unpaired) electrons. The Morgan fingerprint density at radius 1 is 0.721 bits per heavy atom. The first-order valence-electron chi connectivity index (χ1n) is 22.0. The van der Waals surface area contributed by atoms with Crippen LogP contribution in [-0.2, 0) is 26.5 Å². The van der Waals surface area contributed by atoms with Gasteiger partial charge in [-0.15, -0.1) is 54.1 Å². The molecular formula is C54H54IrN4OSi-2. The van der Waals surface area contributed by atoms with Crippen LogP contribution in [0.25, 0.3) is 72.6 Å². The Morgan fingerprint density at radius 2 is 1.43 bits per heavy atom. The average molecular weight is 997 g/mol. The van der Waals surface area contributed by atoms with Crippen LogP contribution >= 0.6 is 0 Å². The van der Waals surface area contributed by atoms with E-state index in [-0.39, 0.29) is 26.0 Å². The molecule has 7 heteroatoms. The number of nitrogens with zero attached hydrogens (tertiary/aromatic N) is 4. The van der Waals surface area contributed by atoms with Crippen LogP contribution in [0.5, 0.6) is 0 Å². The molecule has 9 rings (SSSR count). The normalized spacial score (nSPS) is 12.5. The van der Waals surface area contributed by atoms with E-state index in [1.165, 1.54) is 33.1 Å². The minimum absolute atomic E-state index is 0. The zero-order chi connectivity index (χ0) is 43.9. The minimum atomic E-state index is -1.54. The zero-order valence-corrected chi connectivity index (χ0v) is 39.9. The van der Waals surface area contributed by atoms with Gasteiger partial charge in [-0.05, 0) is 93.7 Å². The fourth-order valence-corrected chi connectivity index (χ4v) is 8.86. The fourth-order valence-electron chi connectivity index (χ4n) is 7.83. The quantitative estimate of drug-likeness (QED) is 0.107. The maximum absolute atomic E-state index is 8.54. The monoisotopic (exact) mass is 997 g/mol. The minimum Gasteiger partial charge on any atom is -0.486 e. The molecule has 311 valence electrons. The molecule has 4 heterocycles. The third-order valence-corrected chi connectivity index (χ3v) is 12.9. The van der Waals surface area contributed by atoms with Crippen LogP contribution in [0, 0.1) is 18.1 Å². The molecule has 4 aromatic heterocycles. The first kappa shape index (κ1) is 40.9. The second kappa shape index (κ2) is 18.3. The Labute approximate surface area is 378 Å². The summed E-state index contributed by atoms with van der Waals surface area (Å²) in [6.45, 7) is 19.7. The number of pyridine rings is 2. The van der Waals surface area contributed by atoms with Crippen LogP contribution in [0.3, 0.4) is 0 Å². The van der Waals surface area contributed by atoms with E-state index in [0.29, 0.717) is 28.8 Å². The van der Waals surface area contributed by atoms with Crippen molar-refractivity contribution >= 4 is 46.4 Å². The summed E-state index contributed by atoms with van der Waals surface area (Å²) in [7, 11) is -1.54. The number of hydrogen-bond donors (Lipinski definition) is 0. The Balaban J connectivity index is 0.000000221. The largest absolute Gasteiger partial charge is 0.486 e. The van der Waals surface area contributed by atoms with Crippen LogP contribution in [0.1, 0.15) is 72.8 Å². The molecule has 9 aromatic rings. The molecule has 61 heavy (non-hydrogen) atoms. The summed E-state index contributed by atoms with van der Waals surface area (Å²) in [6, 6.07) is 48.1. The van der Waals surface area contributed by atoms with Crippen molar-refractivity contribution in [3.05, 3.63) is 163 Å². The summed E-state index contributed by atoms with van der Waals surface area (Å²) in [6.07, 6.45) is 2.27. The standard InChI is InChI=1S/C36H30N3O.C18H24NSi.Ir/c1-22(2)29-20-25(24-12-6-5-7-13-24)21-30(23(3)4)33(29)39-32-18-9-8-17-31(32)38-35(39)28-15-10-14-26-27-16-11-19-37-36(27)40-34(26)28;1-14(2)11-16-12-17(20(3,4)5)13-19-18(16)15-9-7-6-8-10-15;/h5-14,16-23H,1-4H3;6-9,12-14H,11H2,1-5H3;/q2*-1;/i;11D2;. The van der Waals surface area contributed by atoms with E-state index in [0.717, 1.165) is 44.3 Å². The van der Waals surface area contributed by atoms with Gasteiger partial charge in [0.1, 0.15) is 0 Å². The first-order valence-corrected chi connectivity index (χ1v) is 24.5. The van der Waals surface area contributed by atoms with Crippen LogP contribution in [-0.4, -0.2) is 27.6 Å². The Kier molecular flexibility index (Phi) is 12.2. The van der Waals surface area contributed by atoms with Gasteiger partial charge in [-0.2, -0.15) is 0 Å². The van der Waals surface area contributed by atoms with Gasteiger partial charge in [-0.25, -0.2) is 4.98 Å². The fraction of sp³-hybridized carbons (Fsp3) is 0.241. The number of aromatic nitrogens is 4. The van der Waals surface area contributed by atoms with Gasteiger partial charge < -0.3 is 14.0 Å². The Morgan fingerprint density at radius 3 is 2.10 bits per heavy atom. The number of imidazole rings is 1. The van der Waals surface area contributed by atoms with Crippen LogP contribution < -0.4 is 5.19 Å². The van der Waals surface area contributed by atoms with Gasteiger partial charge in [0.05, 0.1) is 30.5 Å². The number of hydrogen-bond acceptors (Lipinski definition) is 4. The number of para-hydroxylation sites is 2. The zero-order valence-electron chi connectivity index (χ0n) is 38.5. The van der Waals surface area contributed by atoms with Crippen molar-refractivity contribution in [3.8, 4) is 39.5 Å². The summed E-state index contributed by atoms with van der Waals surface area (Å²) in [4.78, 5) is 14.3. The van der Waals surface area contributed by atoms with Crippen molar-refractivity contribution in [2.24, 2.45) is 5.92 Å². The molecule has 0 aliphatic heterocycles. The van der Waals surface area contributed by atoms with E-state index >= 15 is 0 Å². The van der Waals surface area contributed by atoms with E-state index < -0.39 is 14.4 Å². The molecule has 5 aromatic carbocycles. The summed E-state index contributed by atoms with van der Waals surface area (Å²) in [5, 5.41) is 3.20. The molecule has 0 spiro atoms. The second-order valence-corrected chi connectivity index (χ2v) is 22.5. The molecule has 0 bridgehead atoms. The predicted molar refractivity (Wildman–Crippen MR) is 254 cm³/mol. The average Bonchev–Trinajstić information content (AvgIpc) is 3.85. The van der Waals surface area contributed by atoms with Gasteiger partial charge >= 0.3 is 0 Å². The van der Waals surface area contributed by atoms with E-state index in [1.807, 2.05) is 74.6 Å². The van der Waals surface area contributed by atoms with E-state index in [2.05, 4.69) is 141 Å². The molecule has 0 aliphatic rings. The van der Waals surface area contributed by atoms with Gasteiger partial charge in [0, 0.05) is 46.3 Å². The topological polar surface area (TPSA) is 56.7 Å². The van der Waals surface area contributed by atoms with Crippen molar-refractivity contribution in [2.45, 2.75) is 79.4 Å². The van der Waals surface area contributed by atoms with Crippen LogP contribution in [0.4, 0.5) is 0 Å². The maximum Gasteiger partial charge on any atom is 0.216 e. The van der Waals surface area contributed by atoms with Crippen molar-refractivity contribution in [2.75, 3.05) is 0 Å². The molecule has 0 aliphatic carbocycles. The number of fused-ring (bicyclic) bond motifs is 4. The third kappa shape index (κ3) is 8.97. The Hall–Kier alpha value is -5.46. The third-order valence-electron chi connectivity index (χ3n) is 10.9. The van der Waals surface area contributed by atoms with E-state index in [1.54, 1.807) is 6.20 Å². The summed E-state index contributed by atoms with van der Waals surface area (Å²) >= 11 is 0. The van der Waals surface area contributed by atoms with Gasteiger partial charge in [0.15, 0.2) is 0 Å². The Bertz CT molecular complexity index is 3000. The van der Waals surface area contributed by atoms with Crippen LogP contribution in [0.15, 0.2) is 138 Å². The molecular weight excluding hydrogens is 941 g/mol. The molecule has 0 saturated heterocycles. The SMILES string of the molecule is CC(C)c1cc(-c2ccccc2)cc(C(C)C)c1-n1c(-c2[c-]ccc3c2oc2ncccc23)nc2ccccc21.[2H]C([2H])(c1cc([Si](C)(C)C)cnc1-c1[c-]cccc1)C(C)C.[Ir]. The molecule has 0 N–H and O–H groups in total. The van der Waals surface area contributed by atoms with Gasteiger partial charge in [-0.1, -0.05) is 126 Å². The number of rotatable bonds is 9.